The van der Waals surface area contributed by atoms with Gasteiger partial charge in [-0.3, -0.25) is 4.55 Å². The molecule has 0 aliphatic carbocycles. The minimum Gasteiger partial charge on any atom is -0.282 e. The van der Waals surface area contributed by atoms with Gasteiger partial charge in [0.25, 0.3) is 10.1 Å². The Morgan fingerprint density at radius 1 is 0.645 bits per heavy atom. The normalized spacial score (nSPS) is 12.0. The first-order chi connectivity index (χ1) is 14.8. The summed E-state index contributed by atoms with van der Waals surface area (Å²) in [5.41, 5.74) is 2.18. The highest BCUT2D eigenvalue weighted by molar-refractivity contribution is 8.02. The zero-order chi connectivity index (χ0) is 22.1. The van der Waals surface area contributed by atoms with Crippen LogP contribution in [-0.4, -0.2) is 13.0 Å². The summed E-state index contributed by atoms with van der Waals surface area (Å²) in [5.74, 6) is 0. The molecular weight excluding hydrogens is 423 g/mol. The van der Waals surface area contributed by atoms with Crippen LogP contribution in [-0.2, 0) is 10.1 Å². The van der Waals surface area contributed by atoms with Crippen molar-refractivity contribution < 1.29 is 13.0 Å². The SMILES string of the molecule is Cc1ccc(C)c([P+](c2ccccc2)(c2ccccc2)c2ccccc2S(=O)(=O)O)c1. The van der Waals surface area contributed by atoms with Crippen molar-refractivity contribution in [3.63, 3.8) is 0 Å². The monoisotopic (exact) mass is 447 g/mol. The average molecular weight is 448 g/mol. The van der Waals surface area contributed by atoms with E-state index >= 15 is 0 Å². The molecule has 156 valence electrons. The van der Waals surface area contributed by atoms with E-state index in [1.807, 2.05) is 55.5 Å². The van der Waals surface area contributed by atoms with Crippen LogP contribution in [0.2, 0.25) is 0 Å². The first kappa shape index (κ1) is 21.5. The molecule has 0 amide bonds. The van der Waals surface area contributed by atoms with Crippen LogP contribution in [0.25, 0.3) is 0 Å². The topological polar surface area (TPSA) is 54.4 Å². The van der Waals surface area contributed by atoms with Gasteiger partial charge >= 0.3 is 0 Å². The molecule has 3 nitrogen and oxygen atoms in total. The van der Waals surface area contributed by atoms with Crippen molar-refractivity contribution in [1.29, 1.82) is 0 Å². The molecular formula is C26H24O3PS+. The van der Waals surface area contributed by atoms with Crippen LogP contribution in [0.4, 0.5) is 0 Å². The number of hydrogen-bond acceptors (Lipinski definition) is 2. The van der Waals surface area contributed by atoms with Crippen molar-refractivity contribution in [1.82, 2.24) is 0 Å². The van der Waals surface area contributed by atoms with E-state index in [0.717, 1.165) is 27.0 Å². The summed E-state index contributed by atoms with van der Waals surface area (Å²) in [6, 6.07) is 33.2. The molecule has 4 aromatic carbocycles. The largest absolute Gasteiger partial charge is 0.298 e. The fourth-order valence-corrected chi connectivity index (χ4v) is 10.1. The molecule has 0 saturated carbocycles. The Morgan fingerprint density at radius 2 is 1.16 bits per heavy atom. The van der Waals surface area contributed by atoms with Crippen molar-refractivity contribution in [2.45, 2.75) is 18.7 Å². The highest BCUT2D eigenvalue weighted by atomic mass is 32.2. The Bertz CT molecular complexity index is 1280. The van der Waals surface area contributed by atoms with Crippen LogP contribution < -0.4 is 21.2 Å². The van der Waals surface area contributed by atoms with Crippen LogP contribution in [0.1, 0.15) is 11.1 Å². The summed E-state index contributed by atoms with van der Waals surface area (Å²) >= 11 is 0. The average Bonchev–Trinajstić information content (AvgIpc) is 2.78. The molecule has 0 spiro atoms. The van der Waals surface area contributed by atoms with Crippen LogP contribution >= 0.6 is 7.26 Å². The van der Waals surface area contributed by atoms with Crippen LogP contribution in [0.5, 0.6) is 0 Å². The third-order valence-corrected chi connectivity index (χ3v) is 11.0. The zero-order valence-electron chi connectivity index (χ0n) is 17.4. The van der Waals surface area contributed by atoms with Gasteiger partial charge in [0.2, 0.25) is 0 Å². The Morgan fingerprint density at radius 3 is 1.71 bits per heavy atom. The summed E-state index contributed by atoms with van der Waals surface area (Å²) in [4.78, 5) is -0.0445. The molecule has 0 bridgehead atoms. The molecule has 0 heterocycles. The molecule has 0 atom stereocenters. The molecule has 0 saturated heterocycles. The second kappa shape index (κ2) is 8.39. The van der Waals surface area contributed by atoms with Gasteiger partial charge in [0.05, 0.1) is 0 Å². The van der Waals surface area contributed by atoms with E-state index in [1.54, 1.807) is 6.07 Å². The van der Waals surface area contributed by atoms with Gasteiger partial charge in [0.1, 0.15) is 33.4 Å². The second-order valence-electron chi connectivity index (χ2n) is 7.57. The molecule has 0 fully saturated rings. The van der Waals surface area contributed by atoms with E-state index in [4.69, 9.17) is 0 Å². The highest BCUT2D eigenvalue weighted by Crippen LogP contribution is 2.56. The van der Waals surface area contributed by atoms with Crippen LogP contribution in [0.3, 0.4) is 0 Å². The maximum atomic E-state index is 12.5. The van der Waals surface area contributed by atoms with Crippen molar-refractivity contribution in [3.05, 3.63) is 114 Å². The molecule has 0 aromatic heterocycles. The van der Waals surface area contributed by atoms with E-state index in [1.165, 1.54) is 6.07 Å². The molecule has 4 aromatic rings. The maximum Gasteiger partial charge on any atom is 0.298 e. The molecule has 0 unspecified atom stereocenters. The first-order valence-electron chi connectivity index (χ1n) is 10.0. The van der Waals surface area contributed by atoms with Gasteiger partial charge in [-0.2, -0.15) is 8.42 Å². The predicted octanol–water partition coefficient (Wildman–Crippen LogP) is 4.17. The Hall–Kier alpha value is -2.78. The molecule has 0 aliphatic rings. The number of benzene rings is 4. The van der Waals surface area contributed by atoms with E-state index in [2.05, 4.69) is 49.4 Å². The fourth-order valence-electron chi connectivity index (χ4n) is 4.17. The molecule has 1 N–H and O–H groups in total. The zero-order valence-corrected chi connectivity index (χ0v) is 19.1. The molecule has 4 rings (SSSR count). The number of rotatable bonds is 5. The van der Waals surface area contributed by atoms with Gasteiger partial charge in [-0.25, -0.2) is 0 Å². The summed E-state index contributed by atoms with van der Waals surface area (Å²) in [5, 5.41) is 3.78. The van der Waals surface area contributed by atoms with Gasteiger partial charge in [-0.05, 0) is 67.4 Å². The summed E-state index contributed by atoms with van der Waals surface area (Å²) in [7, 11) is -7.08. The van der Waals surface area contributed by atoms with Crippen molar-refractivity contribution in [2.75, 3.05) is 0 Å². The molecule has 5 heteroatoms. The Labute approximate surface area is 184 Å². The fraction of sp³-hybridized carbons (Fsp3) is 0.0769. The Balaban J connectivity index is 2.28. The van der Waals surface area contributed by atoms with Crippen LogP contribution in [0, 0.1) is 13.8 Å². The Kier molecular flexibility index (Phi) is 5.81. The molecule has 0 aliphatic heterocycles. The van der Waals surface area contributed by atoms with Crippen LogP contribution in [0.15, 0.2) is 108 Å². The van der Waals surface area contributed by atoms with Gasteiger partial charge in [0, 0.05) is 0 Å². The van der Waals surface area contributed by atoms with Gasteiger partial charge in [-0.1, -0.05) is 60.7 Å². The lowest BCUT2D eigenvalue weighted by Crippen LogP contribution is -2.41. The second-order valence-corrected chi connectivity index (χ2v) is 12.3. The predicted molar refractivity (Wildman–Crippen MR) is 131 cm³/mol. The quantitative estimate of drug-likeness (QED) is 0.369. The minimum atomic E-state index is -4.44. The van der Waals surface area contributed by atoms with Crippen molar-refractivity contribution in [3.8, 4) is 0 Å². The first-order valence-corrected chi connectivity index (χ1v) is 13.2. The van der Waals surface area contributed by atoms with E-state index in [9.17, 15) is 13.0 Å². The maximum absolute atomic E-state index is 12.5. The van der Waals surface area contributed by atoms with Crippen molar-refractivity contribution in [2.24, 2.45) is 0 Å². The standard InChI is InChI=1S/C26H23O3PS/c1-20-17-18-21(2)25(19-20)30(22-11-5-3-6-12-22,23-13-7-4-8-14-23)24-15-9-10-16-26(24)31(27,28)29/h3-19H,1-2H3/p+1. The summed E-state index contributed by atoms with van der Waals surface area (Å²) < 4.78 is 35.2. The van der Waals surface area contributed by atoms with E-state index in [0.29, 0.717) is 5.30 Å². The van der Waals surface area contributed by atoms with Gasteiger partial charge in [-0.15, -0.1) is 0 Å². The molecule has 0 radical (unpaired) electrons. The van der Waals surface area contributed by atoms with Gasteiger partial charge < -0.3 is 0 Å². The number of hydrogen-bond donors (Lipinski definition) is 1. The molecule has 31 heavy (non-hydrogen) atoms. The third-order valence-electron chi connectivity index (χ3n) is 5.52. The third kappa shape index (κ3) is 3.83. The lowest BCUT2D eigenvalue weighted by atomic mass is 10.2. The van der Waals surface area contributed by atoms with Crippen molar-refractivity contribution >= 4 is 38.6 Å². The van der Waals surface area contributed by atoms with E-state index < -0.39 is 17.4 Å². The minimum absolute atomic E-state index is 0.0445. The summed E-state index contributed by atoms with van der Waals surface area (Å²) in [6.07, 6.45) is 0. The van der Waals surface area contributed by atoms with Gasteiger partial charge in [0.15, 0.2) is 0 Å². The number of aryl methyl sites for hydroxylation is 2. The summed E-state index contributed by atoms with van der Waals surface area (Å²) in [6.45, 7) is 4.10. The lowest BCUT2D eigenvalue weighted by molar-refractivity contribution is 0.484. The lowest BCUT2D eigenvalue weighted by Gasteiger charge is -2.30. The smallest absolute Gasteiger partial charge is 0.282 e. The highest BCUT2D eigenvalue weighted by Gasteiger charge is 2.51. The van der Waals surface area contributed by atoms with E-state index in [-0.39, 0.29) is 4.90 Å².